The molecule has 1 aromatic carbocycles. The zero-order chi connectivity index (χ0) is 21.0. The van der Waals surface area contributed by atoms with E-state index in [4.69, 9.17) is 10.2 Å². The number of aliphatic hydroxyl groups excluding tert-OH is 1. The van der Waals surface area contributed by atoms with Crippen LogP contribution >= 0.6 is 11.3 Å². The lowest BCUT2D eigenvalue weighted by molar-refractivity contribution is 0.0686. The lowest BCUT2D eigenvalue weighted by Crippen LogP contribution is -2.28. The summed E-state index contributed by atoms with van der Waals surface area (Å²) in [4.78, 5) is 41.5. The van der Waals surface area contributed by atoms with E-state index in [2.05, 4.69) is 20.6 Å². The lowest BCUT2D eigenvalue weighted by atomic mass is 10.1. The molecule has 0 fully saturated rings. The first-order chi connectivity index (χ1) is 13.9. The van der Waals surface area contributed by atoms with Gasteiger partial charge in [0.05, 0.1) is 17.2 Å². The molecule has 2 amide bonds. The molecule has 2 heterocycles. The van der Waals surface area contributed by atoms with E-state index in [1.807, 2.05) is 0 Å². The number of hydrogen-bond acceptors (Lipinski definition) is 7. The van der Waals surface area contributed by atoms with Crippen LogP contribution in [0, 0.1) is 0 Å². The van der Waals surface area contributed by atoms with Gasteiger partial charge in [-0.3, -0.25) is 4.79 Å². The number of aromatic hydroxyl groups is 1. The summed E-state index contributed by atoms with van der Waals surface area (Å²) in [6.45, 7) is 0.116. The van der Waals surface area contributed by atoms with Crippen molar-refractivity contribution >= 4 is 29.0 Å². The Morgan fingerprint density at radius 1 is 1.21 bits per heavy atom. The quantitative estimate of drug-likeness (QED) is 0.356. The number of thiophene rings is 1. The molecule has 0 saturated heterocycles. The van der Waals surface area contributed by atoms with Crippen LogP contribution in [0.3, 0.4) is 0 Å². The van der Waals surface area contributed by atoms with Crippen molar-refractivity contribution in [3.8, 4) is 16.5 Å². The highest BCUT2D eigenvalue weighted by molar-refractivity contribution is 7.14. The summed E-state index contributed by atoms with van der Waals surface area (Å²) in [7, 11) is 0. The zero-order valence-electron chi connectivity index (χ0n) is 14.8. The Labute approximate surface area is 167 Å². The number of urea groups is 1. The molecule has 3 aromatic rings. The van der Waals surface area contributed by atoms with Crippen LogP contribution in [-0.4, -0.2) is 37.3 Å². The van der Waals surface area contributed by atoms with Gasteiger partial charge in [0, 0.05) is 6.54 Å². The van der Waals surface area contributed by atoms with Crippen molar-refractivity contribution in [3.05, 3.63) is 62.9 Å². The number of carbonyl (C=O) groups is 2. The molecule has 0 radical (unpaired) electrons. The highest BCUT2D eigenvalue weighted by Crippen LogP contribution is 2.31. The number of nitrogens with zero attached hydrogens (tertiary/aromatic N) is 1. The van der Waals surface area contributed by atoms with Crippen molar-refractivity contribution in [2.24, 2.45) is 0 Å². The maximum absolute atomic E-state index is 12.2. The van der Waals surface area contributed by atoms with E-state index >= 15 is 0 Å². The summed E-state index contributed by atoms with van der Waals surface area (Å²) < 4.78 is 0. The van der Waals surface area contributed by atoms with Gasteiger partial charge < -0.3 is 30.9 Å². The fourth-order valence-electron chi connectivity index (χ4n) is 2.50. The number of aromatic carboxylic acids is 1. The van der Waals surface area contributed by atoms with Gasteiger partial charge in [0.25, 0.3) is 5.56 Å². The lowest BCUT2D eigenvalue weighted by Gasteiger charge is -2.09. The number of carboxylic acid groups (broad SMARTS) is 1. The van der Waals surface area contributed by atoms with E-state index in [9.17, 15) is 19.5 Å². The largest absolute Gasteiger partial charge is 0.501 e. The van der Waals surface area contributed by atoms with Gasteiger partial charge in [-0.25, -0.2) is 14.6 Å². The average molecular weight is 416 g/mol. The second-order valence-corrected chi connectivity index (χ2v) is 6.78. The van der Waals surface area contributed by atoms with Gasteiger partial charge in [-0.1, -0.05) is 24.3 Å². The minimum atomic E-state index is -1.55. The zero-order valence-corrected chi connectivity index (χ0v) is 15.6. The summed E-state index contributed by atoms with van der Waals surface area (Å²) in [6.07, 6.45) is 0. The van der Waals surface area contributed by atoms with Crippen molar-refractivity contribution in [2.75, 3.05) is 5.32 Å². The third kappa shape index (κ3) is 4.59. The van der Waals surface area contributed by atoms with Crippen LogP contribution < -0.4 is 16.2 Å². The van der Waals surface area contributed by atoms with Crippen LogP contribution in [0.2, 0.25) is 0 Å². The molecule has 10 nitrogen and oxygen atoms in total. The van der Waals surface area contributed by atoms with E-state index in [1.54, 1.807) is 35.7 Å². The van der Waals surface area contributed by atoms with Crippen LogP contribution in [0.1, 0.15) is 21.6 Å². The number of carboxylic acids is 1. The SMILES string of the molecule is O=C(NCc1cccc(CO)c1)Nc1ccsc1-c1nc(C(=O)O)c(O)c(=O)[nH]1. The molecule has 0 saturated carbocycles. The molecule has 6 N–H and O–H groups in total. The highest BCUT2D eigenvalue weighted by Gasteiger charge is 2.20. The fraction of sp³-hybridized carbons (Fsp3) is 0.111. The molecule has 3 rings (SSSR count). The second kappa shape index (κ2) is 8.54. The summed E-state index contributed by atoms with van der Waals surface area (Å²) >= 11 is 1.12. The van der Waals surface area contributed by atoms with Crippen molar-refractivity contribution in [1.29, 1.82) is 0 Å². The van der Waals surface area contributed by atoms with Gasteiger partial charge in [0.2, 0.25) is 5.75 Å². The van der Waals surface area contributed by atoms with Gasteiger partial charge in [0.15, 0.2) is 11.5 Å². The molecule has 0 aliphatic heterocycles. The molecular weight excluding hydrogens is 400 g/mol. The normalized spacial score (nSPS) is 10.5. The first-order valence-corrected chi connectivity index (χ1v) is 9.15. The van der Waals surface area contributed by atoms with E-state index in [1.165, 1.54) is 0 Å². The molecule has 150 valence electrons. The number of hydrogen-bond donors (Lipinski definition) is 6. The number of aromatic amines is 1. The monoisotopic (exact) mass is 416 g/mol. The number of H-pyrrole nitrogens is 1. The number of amides is 2. The minimum Gasteiger partial charge on any atom is -0.501 e. The van der Waals surface area contributed by atoms with Crippen LogP contribution in [0.4, 0.5) is 10.5 Å². The first kappa shape index (κ1) is 20.0. The highest BCUT2D eigenvalue weighted by atomic mass is 32.1. The number of benzene rings is 1. The van der Waals surface area contributed by atoms with Crippen molar-refractivity contribution in [2.45, 2.75) is 13.2 Å². The third-order valence-corrected chi connectivity index (χ3v) is 4.77. The standard InChI is InChI=1S/C18H16N4O6S/c23-8-10-3-1-2-9(6-10)7-19-18(28)20-11-4-5-29-14(11)15-21-12(17(26)27)13(24)16(25)22-15/h1-6,23-24H,7-8H2,(H,26,27)(H2,19,20,28)(H,21,22,25). The van der Waals surface area contributed by atoms with Crippen molar-refractivity contribution < 1.29 is 24.9 Å². The number of aromatic nitrogens is 2. The van der Waals surface area contributed by atoms with Gasteiger partial charge in [-0.2, -0.15) is 0 Å². The maximum Gasteiger partial charge on any atom is 0.358 e. The second-order valence-electron chi connectivity index (χ2n) is 5.87. The Bertz CT molecular complexity index is 1120. The Morgan fingerprint density at radius 3 is 2.69 bits per heavy atom. The van der Waals surface area contributed by atoms with E-state index in [0.29, 0.717) is 10.6 Å². The Kier molecular flexibility index (Phi) is 5.90. The predicted molar refractivity (Wildman–Crippen MR) is 105 cm³/mol. The van der Waals surface area contributed by atoms with Crippen molar-refractivity contribution in [3.63, 3.8) is 0 Å². The van der Waals surface area contributed by atoms with Crippen LogP contribution in [0.5, 0.6) is 5.75 Å². The number of rotatable bonds is 6. The Balaban J connectivity index is 1.76. The summed E-state index contributed by atoms with van der Waals surface area (Å²) in [5.41, 5.74) is 0.0485. The van der Waals surface area contributed by atoms with E-state index in [-0.39, 0.29) is 19.0 Å². The average Bonchev–Trinajstić information content (AvgIpc) is 3.16. The van der Waals surface area contributed by atoms with E-state index in [0.717, 1.165) is 22.5 Å². The topological polar surface area (TPSA) is 165 Å². The number of aliphatic hydroxyl groups is 1. The van der Waals surface area contributed by atoms with Gasteiger partial charge in [0.1, 0.15) is 0 Å². The number of anilines is 1. The van der Waals surface area contributed by atoms with Crippen LogP contribution in [-0.2, 0) is 13.2 Å². The smallest absolute Gasteiger partial charge is 0.358 e. The van der Waals surface area contributed by atoms with Crippen LogP contribution in [0.15, 0.2) is 40.5 Å². The molecule has 0 bridgehead atoms. The summed E-state index contributed by atoms with van der Waals surface area (Å²) in [5.74, 6) is -2.63. The molecule has 2 aromatic heterocycles. The van der Waals surface area contributed by atoms with Crippen LogP contribution in [0.25, 0.3) is 10.7 Å². The molecule has 0 aliphatic rings. The molecular formula is C18H16N4O6S. The predicted octanol–water partition coefficient (Wildman–Crippen LogP) is 1.72. The first-order valence-electron chi connectivity index (χ1n) is 8.27. The molecule has 11 heteroatoms. The molecule has 29 heavy (non-hydrogen) atoms. The molecule has 0 spiro atoms. The summed E-state index contributed by atoms with van der Waals surface area (Å²) in [6, 6.07) is 8.13. The number of carbonyl (C=O) groups excluding carboxylic acids is 1. The van der Waals surface area contributed by atoms with Crippen molar-refractivity contribution in [1.82, 2.24) is 15.3 Å². The molecule has 0 atom stereocenters. The molecule has 0 unspecified atom stereocenters. The van der Waals surface area contributed by atoms with Gasteiger partial charge >= 0.3 is 12.0 Å². The van der Waals surface area contributed by atoms with E-state index < -0.39 is 29.0 Å². The Hall–Kier alpha value is -3.70. The van der Waals surface area contributed by atoms with Gasteiger partial charge in [-0.05, 0) is 22.6 Å². The minimum absolute atomic E-state index is 0.0915. The Morgan fingerprint density at radius 2 is 1.97 bits per heavy atom. The summed E-state index contributed by atoms with van der Waals surface area (Å²) in [5, 5.41) is 34.7. The fourth-order valence-corrected chi connectivity index (χ4v) is 3.30. The third-order valence-electron chi connectivity index (χ3n) is 3.85. The maximum atomic E-state index is 12.2. The van der Waals surface area contributed by atoms with Gasteiger partial charge in [-0.15, -0.1) is 11.3 Å². The molecule has 0 aliphatic carbocycles. The number of nitrogens with one attached hydrogen (secondary N) is 3.